The predicted molar refractivity (Wildman–Crippen MR) is 116 cm³/mol. The highest BCUT2D eigenvalue weighted by Gasteiger charge is 2.79. The Morgan fingerprint density at radius 2 is 1.85 bits per heavy atom. The Hall–Kier alpha value is -2.47. The van der Waals surface area contributed by atoms with Crippen LogP contribution in [-0.2, 0) is 35.8 Å². The second kappa shape index (κ2) is 7.52. The van der Waals surface area contributed by atoms with Gasteiger partial charge in [0, 0.05) is 25.4 Å². The highest BCUT2D eigenvalue weighted by molar-refractivity contribution is 7.93. The van der Waals surface area contributed by atoms with E-state index in [0.717, 1.165) is 17.3 Å². The van der Waals surface area contributed by atoms with Crippen LogP contribution in [0, 0.1) is 6.92 Å². The van der Waals surface area contributed by atoms with Gasteiger partial charge in [-0.05, 0) is 48.4 Å². The van der Waals surface area contributed by atoms with Crippen molar-refractivity contribution in [3.05, 3.63) is 58.1 Å². The van der Waals surface area contributed by atoms with Crippen LogP contribution >= 0.6 is 11.6 Å². The number of ether oxygens (including phenoxy) is 2. The molecule has 2 aromatic carbocycles. The number of carbonyl (C=O) groups is 1. The summed E-state index contributed by atoms with van der Waals surface area (Å²) in [5, 5.41) is 5.40. The van der Waals surface area contributed by atoms with Gasteiger partial charge in [0.2, 0.25) is 0 Å². The van der Waals surface area contributed by atoms with E-state index in [2.05, 4.69) is 9.46 Å². The Morgan fingerprint density at radius 3 is 2.42 bits per heavy atom. The van der Waals surface area contributed by atoms with Crippen LogP contribution in [0.25, 0.3) is 0 Å². The summed E-state index contributed by atoms with van der Waals surface area (Å²) in [4.78, 5) is 12.2. The Kier molecular flexibility index (Phi) is 5.40. The van der Waals surface area contributed by atoms with Crippen molar-refractivity contribution in [1.29, 1.82) is 0 Å². The number of nitrogens with zero attached hydrogens (tertiary/aromatic N) is 3. The summed E-state index contributed by atoms with van der Waals surface area (Å²) in [6, 6.07) is 7.90. The van der Waals surface area contributed by atoms with Gasteiger partial charge in [-0.1, -0.05) is 17.7 Å². The minimum absolute atomic E-state index is 0.0118. The molecule has 0 N–H and O–H groups in total. The van der Waals surface area contributed by atoms with E-state index in [9.17, 15) is 22.2 Å². The van der Waals surface area contributed by atoms with Gasteiger partial charge in [0.25, 0.3) is 5.79 Å². The van der Waals surface area contributed by atoms with Crippen molar-refractivity contribution in [3.63, 3.8) is 0 Å². The van der Waals surface area contributed by atoms with Crippen LogP contribution < -0.4 is 0 Å². The first-order valence-electron chi connectivity index (χ1n) is 9.57. The first kappa shape index (κ1) is 23.7. The Balaban J connectivity index is 1.98. The van der Waals surface area contributed by atoms with Crippen LogP contribution in [0.5, 0.6) is 0 Å². The highest BCUT2D eigenvalue weighted by Crippen LogP contribution is 2.59. The average Bonchev–Trinajstić information content (AvgIpc) is 3.42. The van der Waals surface area contributed by atoms with E-state index in [0.29, 0.717) is 5.02 Å². The third-order valence-electron chi connectivity index (χ3n) is 5.62. The van der Waals surface area contributed by atoms with Crippen LogP contribution in [0.15, 0.2) is 50.8 Å². The van der Waals surface area contributed by atoms with E-state index in [1.807, 2.05) is 0 Å². The molecule has 1 fully saturated rings. The molecule has 2 aliphatic heterocycles. The SMILES string of the molecule is COC12OC1(c1ccc(C(F)(F)F)c(S(C)(=O)=Nc3ccc(Cl)cc3)c1C)C=NN(C)C2=O. The molecule has 0 aliphatic carbocycles. The maximum absolute atomic E-state index is 14.0. The fraction of sp³-hybridized carbons (Fsp3) is 0.333. The molecule has 2 aliphatic rings. The van der Waals surface area contributed by atoms with Crippen molar-refractivity contribution < 1.29 is 31.6 Å². The summed E-state index contributed by atoms with van der Waals surface area (Å²) in [5.41, 5.74) is -2.25. The zero-order valence-electron chi connectivity index (χ0n) is 17.9. The normalized spacial score (nSPS) is 26.1. The summed E-state index contributed by atoms with van der Waals surface area (Å²) < 4.78 is 70.7. The number of fused-ring (bicyclic) bond motifs is 1. The third kappa shape index (κ3) is 3.54. The van der Waals surface area contributed by atoms with Gasteiger partial charge in [-0.2, -0.15) is 22.6 Å². The number of halogens is 4. The van der Waals surface area contributed by atoms with Gasteiger partial charge >= 0.3 is 12.1 Å². The number of benzene rings is 2. The standard InChI is InChI=1S/C21H19ClF3N3O4S/c1-12-15(19-11-26-28(2)18(29)20(19,31-3)32-19)9-10-16(21(23,24)25)17(12)33(4,30)27-14-7-5-13(22)6-8-14/h5-11H,1-4H3. The molecule has 3 unspecified atom stereocenters. The minimum Gasteiger partial charge on any atom is -0.343 e. The molecule has 0 aromatic heterocycles. The summed E-state index contributed by atoms with van der Waals surface area (Å²) in [6.45, 7) is 1.38. The zero-order valence-corrected chi connectivity index (χ0v) is 19.5. The molecule has 0 spiro atoms. The molecule has 3 atom stereocenters. The van der Waals surface area contributed by atoms with Crippen LogP contribution in [0.3, 0.4) is 0 Å². The third-order valence-corrected chi connectivity index (χ3v) is 7.72. The lowest BCUT2D eigenvalue weighted by atomic mass is 9.88. The number of hydrogen-bond acceptors (Lipinski definition) is 6. The van der Waals surface area contributed by atoms with Gasteiger partial charge < -0.3 is 9.47 Å². The monoisotopic (exact) mass is 501 g/mol. The lowest BCUT2D eigenvalue weighted by Crippen LogP contribution is -2.46. The van der Waals surface area contributed by atoms with E-state index >= 15 is 0 Å². The molecule has 33 heavy (non-hydrogen) atoms. The molecule has 176 valence electrons. The molecular formula is C21H19ClF3N3O4S. The first-order valence-corrected chi connectivity index (χ1v) is 11.9. The Bertz CT molecular complexity index is 1310. The van der Waals surface area contributed by atoms with E-state index < -0.39 is 43.7 Å². The lowest BCUT2D eigenvalue weighted by Gasteiger charge is -2.26. The van der Waals surface area contributed by atoms with E-state index in [1.54, 1.807) is 0 Å². The molecule has 2 aromatic rings. The lowest BCUT2D eigenvalue weighted by molar-refractivity contribution is -0.153. The van der Waals surface area contributed by atoms with Crippen molar-refractivity contribution >= 4 is 39.1 Å². The van der Waals surface area contributed by atoms with Crippen molar-refractivity contribution in [3.8, 4) is 0 Å². The number of carbonyl (C=O) groups excluding carboxylic acids is 1. The smallest absolute Gasteiger partial charge is 0.343 e. The van der Waals surface area contributed by atoms with Crippen LogP contribution in [0.1, 0.15) is 16.7 Å². The number of hydrazone groups is 1. The summed E-state index contributed by atoms with van der Waals surface area (Å²) in [7, 11) is -0.957. The number of amides is 1. The van der Waals surface area contributed by atoms with Crippen LogP contribution in [-0.4, -0.2) is 47.5 Å². The van der Waals surface area contributed by atoms with Crippen molar-refractivity contribution in [1.82, 2.24) is 5.01 Å². The number of epoxide rings is 1. The number of hydrogen-bond donors (Lipinski definition) is 0. The van der Waals surface area contributed by atoms with Gasteiger partial charge in [0.15, 0.2) is 5.60 Å². The summed E-state index contributed by atoms with van der Waals surface area (Å²) in [5.74, 6) is -2.39. The van der Waals surface area contributed by atoms with Crippen molar-refractivity contribution in [2.75, 3.05) is 20.4 Å². The Morgan fingerprint density at radius 1 is 1.21 bits per heavy atom. The number of alkyl halides is 3. The zero-order chi connectivity index (χ0) is 24.4. The molecule has 12 heteroatoms. The van der Waals surface area contributed by atoms with E-state index in [-0.39, 0.29) is 16.8 Å². The van der Waals surface area contributed by atoms with Crippen LogP contribution in [0.4, 0.5) is 18.9 Å². The molecule has 0 radical (unpaired) electrons. The van der Waals surface area contributed by atoms with Crippen LogP contribution in [0.2, 0.25) is 5.02 Å². The second-order valence-electron chi connectivity index (χ2n) is 7.71. The molecule has 0 bridgehead atoms. The van der Waals surface area contributed by atoms with Gasteiger partial charge in [-0.3, -0.25) is 4.79 Å². The predicted octanol–water partition coefficient (Wildman–Crippen LogP) is 4.48. The number of rotatable bonds is 4. The average molecular weight is 502 g/mol. The molecule has 7 nitrogen and oxygen atoms in total. The van der Waals surface area contributed by atoms with Gasteiger partial charge in [-0.15, -0.1) is 0 Å². The Labute approximate surface area is 193 Å². The number of methoxy groups -OCH3 is 1. The van der Waals surface area contributed by atoms with E-state index in [4.69, 9.17) is 21.1 Å². The van der Waals surface area contributed by atoms with Gasteiger partial charge in [-0.25, -0.2) is 9.22 Å². The van der Waals surface area contributed by atoms with Gasteiger partial charge in [0.05, 0.1) is 32.1 Å². The van der Waals surface area contributed by atoms with Crippen molar-refractivity contribution in [2.24, 2.45) is 9.46 Å². The quantitative estimate of drug-likeness (QED) is 0.578. The fourth-order valence-corrected chi connectivity index (χ4v) is 6.10. The molecule has 0 saturated carbocycles. The van der Waals surface area contributed by atoms with Gasteiger partial charge in [0.1, 0.15) is 0 Å². The fourth-order valence-electron chi connectivity index (χ4n) is 4.08. The largest absolute Gasteiger partial charge is 0.417 e. The number of likely N-dealkylation sites (N-methyl/N-ethyl adjacent to an activating group) is 1. The topological polar surface area (TPSA) is 83.9 Å². The van der Waals surface area contributed by atoms with E-state index in [1.165, 1.54) is 57.6 Å². The molecule has 1 amide bonds. The second-order valence-corrected chi connectivity index (χ2v) is 10.3. The maximum atomic E-state index is 14.0. The highest BCUT2D eigenvalue weighted by atomic mass is 35.5. The molecule has 1 saturated heterocycles. The maximum Gasteiger partial charge on any atom is 0.417 e. The molecular weight excluding hydrogens is 483 g/mol. The summed E-state index contributed by atoms with van der Waals surface area (Å²) >= 11 is 5.86. The minimum atomic E-state index is -4.80. The molecule has 2 heterocycles. The first-order chi connectivity index (χ1) is 15.3. The van der Waals surface area contributed by atoms with Crippen molar-refractivity contribution in [2.45, 2.75) is 29.4 Å². The molecule has 4 rings (SSSR count). The summed E-state index contributed by atoms with van der Waals surface area (Å²) in [6.07, 6.45) is -2.37.